The molecule has 1 aliphatic heterocycles. The zero-order chi connectivity index (χ0) is 12.3. The Morgan fingerprint density at radius 1 is 1.13 bits per heavy atom. The van der Waals surface area contributed by atoms with E-state index in [1.165, 1.54) is 0 Å². The average molecular weight is 223 g/mol. The van der Waals surface area contributed by atoms with Gasteiger partial charge in [-0.25, -0.2) is 8.78 Å². The third kappa shape index (κ3) is 8.79. The molecule has 0 amide bonds. The Bertz CT molecular complexity index is 125. The van der Waals surface area contributed by atoms with Gasteiger partial charge >= 0.3 is 0 Å². The number of hydrogen-bond acceptors (Lipinski definition) is 1. The summed E-state index contributed by atoms with van der Waals surface area (Å²) in [6, 6.07) is 0. The van der Waals surface area contributed by atoms with Crippen LogP contribution in [0.25, 0.3) is 0 Å². The monoisotopic (exact) mass is 223 g/mol. The number of halogens is 2. The maximum Gasteiger partial charge on any atom is 0.260 e. The molecule has 1 rings (SSSR count). The third-order valence-electron chi connectivity index (χ3n) is 2.01. The highest BCUT2D eigenvalue weighted by Crippen LogP contribution is 2.26. The number of rotatable bonds is 2. The lowest BCUT2D eigenvalue weighted by molar-refractivity contribution is -0.0637. The van der Waals surface area contributed by atoms with Gasteiger partial charge in [-0.05, 0) is 25.9 Å². The summed E-state index contributed by atoms with van der Waals surface area (Å²) in [5.74, 6) is -2.42. The first-order valence-electron chi connectivity index (χ1n) is 6.24. The van der Waals surface area contributed by atoms with Crippen molar-refractivity contribution in [2.75, 3.05) is 19.6 Å². The molecule has 0 aliphatic carbocycles. The molecule has 0 unspecified atom stereocenters. The van der Waals surface area contributed by atoms with E-state index in [0.717, 1.165) is 19.5 Å². The van der Waals surface area contributed by atoms with Crippen molar-refractivity contribution in [3.63, 3.8) is 0 Å². The van der Waals surface area contributed by atoms with E-state index in [4.69, 9.17) is 0 Å². The van der Waals surface area contributed by atoms with Crippen molar-refractivity contribution in [2.24, 2.45) is 0 Å². The second kappa shape index (κ2) is 10.3. The van der Waals surface area contributed by atoms with Gasteiger partial charge in [0.2, 0.25) is 0 Å². The highest BCUT2D eigenvalue weighted by Gasteiger charge is 2.34. The molecule has 15 heavy (non-hydrogen) atoms. The van der Waals surface area contributed by atoms with Gasteiger partial charge in [-0.2, -0.15) is 0 Å². The van der Waals surface area contributed by atoms with E-state index in [9.17, 15) is 8.78 Å². The molecule has 0 aromatic heterocycles. The molecule has 0 spiro atoms. The number of nitrogens with zero attached hydrogens (tertiary/aromatic N) is 1. The molecule has 1 saturated heterocycles. The van der Waals surface area contributed by atoms with Crippen molar-refractivity contribution >= 4 is 0 Å². The van der Waals surface area contributed by atoms with E-state index in [0.29, 0.717) is 6.42 Å². The van der Waals surface area contributed by atoms with Crippen molar-refractivity contribution in [1.29, 1.82) is 0 Å². The Kier molecular flexibility index (Phi) is 11.9. The SMILES string of the molecule is CC.CC.CCCN1CCCC(F)(F)C1. The molecule has 1 fully saturated rings. The molecule has 94 valence electrons. The molecule has 0 aromatic rings. The first kappa shape index (κ1) is 17.2. The number of likely N-dealkylation sites (tertiary alicyclic amines) is 1. The summed E-state index contributed by atoms with van der Waals surface area (Å²) in [5.41, 5.74) is 0. The summed E-state index contributed by atoms with van der Waals surface area (Å²) < 4.78 is 25.5. The second-order valence-corrected chi connectivity index (χ2v) is 3.24. The molecule has 1 heterocycles. The quantitative estimate of drug-likeness (QED) is 0.679. The van der Waals surface area contributed by atoms with Gasteiger partial charge in [0.15, 0.2) is 0 Å². The van der Waals surface area contributed by atoms with Crippen LogP contribution >= 0.6 is 0 Å². The van der Waals surface area contributed by atoms with Crippen LogP contribution in [0.1, 0.15) is 53.9 Å². The van der Waals surface area contributed by atoms with Gasteiger partial charge in [0.25, 0.3) is 5.92 Å². The van der Waals surface area contributed by atoms with Gasteiger partial charge in [-0.3, -0.25) is 4.90 Å². The van der Waals surface area contributed by atoms with Crippen molar-refractivity contribution in [1.82, 2.24) is 4.90 Å². The number of hydrogen-bond donors (Lipinski definition) is 0. The first-order valence-corrected chi connectivity index (χ1v) is 6.24. The van der Waals surface area contributed by atoms with Gasteiger partial charge in [0.1, 0.15) is 0 Å². The van der Waals surface area contributed by atoms with Crippen LogP contribution in [0.2, 0.25) is 0 Å². The molecule has 0 N–H and O–H groups in total. The van der Waals surface area contributed by atoms with E-state index < -0.39 is 5.92 Å². The van der Waals surface area contributed by atoms with Crippen LogP contribution in [-0.2, 0) is 0 Å². The van der Waals surface area contributed by atoms with Gasteiger partial charge < -0.3 is 0 Å². The van der Waals surface area contributed by atoms with Crippen molar-refractivity contribution in [3.05, 3.63) is 0 Å². The normalized spacial score (nSPS) is 19.4. The highest BCUT2D eigenvalue weighted by molar-refractivity contribution is 4.77. The summed E-state index contributed by atoms with van der Waals surface area (Å²) in [5, 5.41) is 0. The Balaban J connectivity index is 0. The van der Waals surface area contributed by atoms with Gasteiger partial charge in [-0.1, -0.05) is 34.6 Å². The second-order valence-electron chi connectivity index (χ2n) is 3.24. The van der Waals surface area contributed by atoms with Crippen LogP contribution in [0.4, 0.5) is 8.78 Å². The number of piperidine rings is 1. The maximum absolute atomic E-state index is 12.7. The fraction of sp³-hybridized carbons (Fsp3) is 1.00. The Morgan fingerprint density at radius 3 is 2.07 bits per heavy atom. The van der Waals surface area contributed by atoms with Crippen LogP contribution in [0.3, 0.4) is 0 Å². The molecule has 0 bridgehead atoms. The molecule has 1 nitrogen and oxygen atoms in total. The van der Waals surface area contributed by atoms with Gasteiger partial charge in [0.05, 0.1) is 6.54 Å². The van der Waals surface area contributed by atoms with Gasteiger partial charge in [0, 0.05) is 6.42 Å². The van der Waals surface area contributed by atoms with Crippen LogP contribution in [0.5, 0.6) is 0 Å². The molecular formula is C12H27F2N. The van der Waals surface area contributed by atoms with Crippen molar-refractivity contribution in [2.45, 2.75) is 59.8 Å². The van der Waals surface area contributed by atoms with Crippen LogP contribution in [0, 0.1) is 0 Å². The molecule has 0 aromatic carbocycles. The summed E-state index contributed by atoms with van der Waals surface area (Å²) in [4.78, 5) is 1.85. The maximum atomic E-state index is 12.7. The summed E-state index contributed by atoms with van der Waals surface area (Å²) in [6.45, 7) is 11.7. The van der Waals surface area contributed by atoms with E-state index >= 15 is 0 Å². The molecule has 1 aliphatic rings. The minimum absolute atomic E-state index is 0.0269. The minimum atomic E-state index is -2.42. The Labute approximate surface area is 93.9 Å². The molecule has 3 heteroatoms. The fourth-order valence-corrected chi connectivity index (χ4v) is 1.55. The lowest BCUT2D eigenvalue weighted by Crippen LogP contribution is -2.42. The predicted octanol–water partition coefficient (Wildman–Crippen LogP) is 4.18. The standard InChI is InChI=1S/C8H15F2N.2C2H6/c1-2-5-11-6-3-4-8(9,10)7-11;2*1-2/h2-7H2,1H3;2*1-2H3. The highest BCUT2D eigenvalue weighted by atomic mass is 19.3. The van der Waals surface area contributed by atoms with E-state index in [1.54, 1.807) is 0 Å². The number of alkyl halides is 2. The van der Waals surface area contributed by atoms with Crippen LogP contribution < -0.4 is 0 Å². The molecular weight excluding hydrogens is 196 g/mol. The molecule has 0 atom stereocenters. The lowest BCUT2D eigenvalue weighted by Gasteiger charge is -2.31. The zero-order valence-electron chi connectivity index (χ0n) is 10.9. The van der Waals surface area contributed by atoms with Gasteiger partial charge in [-0.15, -0.1) is 0 Å². The summed E-state index contributed by atoms with van der Waals surface area (Å²) in [7, 11) is 0. The van der Waals surface area contributed by atoms with E-state index in [1.807, 2.05) is 39.5 Å². The topological polar surface area (TPSA) is 3.24 Å². The first-order chi connectivity index (χ1) is 7.14. The average Bonchev–Trinajstić information content (AvgIpc) is 2.23. The zero-order valence-corrected chi connectivity index (χ0v) is 10.9. The lowest BCUT2D eigenvalue weighted by atomic mass is 10.1. The molecule has 0 radical (unpaired) electrons. The predicted molar refractivity (Wildman–Crippen MR) is 63.6 cm³/mol. The van der Waals surface area contributed by atoms with Crippen LogP contribution in [0.15, 0.2) is 0 Å². The Morgan fingerprint density at radius 2 is 1.67 bits per heavy atom. The third-order valence-corrected chi connectivity index (χ3v) is 2.01. The summed E-state index contributed by atoms with van der Waals surface area (Å²) >= 11 is 0. The smallest absolute Gasteiger partial charge is 0.260 e. The Hall–Kier alpha value is -0.180. The van der Waals surface area contributed by atoms with Crippen molar-refractivity contribution in [3.8, 4) is 0 Å². The summed E-state index contributed by atoms with van der Waals surface area (Å²) in [6.07, 6.45) is 1.69. The fourth-order valence-electron chi connectivity index (χ4n) is 1.55. The van der Waals surface area contributed by atoms with E-state index in [-0.39, 0.29) is 13.0 Å². The van der Waals surface area contributed by atoms with E-state index in [2.05, 4.69) is 0 Å². The largest absolute Gasteiger partial charge is 0.298 e. The minimum Gasteiger partial charge on any atom is -0.298 e. The van der Waals surface area contributed by atoms with Crippen LogP contribution in [-0.4, -0.2) is 30.5 Å². The molecule has 0 saturated carbocycles. The van der Waals surface area contributed by atoms with Crippen molar-refractivity contribution < 1.29 is 8.78 Å².